The van der Waals surface area contributed by atoms with Crippen LogP contribution in [0.25, 0.3) is 11.1 Å². The Labute approximate surface area is 136 Å². The number of nitrogens with zero attached hydrogens (tertiary/aromatic N) is 1. The number of rotatable bonds is 3. The first kappa shape index (κ1) is 15.4. The van der Waals surface area contributed by atoms with Crippen LogP contribution in [0.3, 0.4) is 0 Å². The molecule has 0 unspecified atom stereocenters. The molecule has 4 nitrogen and oxygen atoms in total. The van der Waals surface area contributed by atoms with Gasteiger partial charge in [-0.25, -0.2) is 0 Å². The Morgan fingerprint density at radius 2 is 1.65 bits per heavy atom. The minimum absolute atomic E-state index is 0.111. The molecule has 1 aliphatic rings. The number of amides is 1. The normalized spacial score (nSPS) is 14.6. The smallest absolute Gasteiger partial charge is 0.253 e. The molecule has 2 aromatic rings. The average molecular weight is 311 g/mol. The van der Waals surface area contributed by atoms with Gasteiger partial charge in [0.25, 0.3) is 5.91 Å². The van der Waals surface area contributed by atoms with Crippen LogP contribution in [-0.4, -0.2) is 36.1 Å². The number of hydrogen-bond donors (Lipinski definition) is 1. The first-order valence-corrected chi connectivity index (χ1v) is 7.96. The van der Waals surface area contributed by atoms with Crippen molar-refractivity contribution in [1.82, 2.24) is 4.90 Å². The number of methoxy groups -OCH3 is 1. The second kappa shape index (κ2) is 6.73. The van der Waals surface area contributed by atoms with Gasteiger partial charge >= 0.3 is 0 Å². The van der Waals surface area contributed by atoms with E-state index in [2.05, 4.69) is 0 Å². The van der Waals surface area contributed by atoms with Crippen molar-refractivity contribution >= 4 is 5.91 Å². The van der Waals surface area contributed by atoms with Gasteiger partial charge in [-0.2, -0.15) is 0 Å². The van der Waals surface area contributed by atoms with Crippen molar-refractivity contribution < 1.29 is 14.6 Å². The fourth-order valence-corrected chi connectivity index (χ4v) is 2.94. The van der Waals surface area contributed by atoms with Crippen molar-refractivity contribution in [3.63, 3.8) is 0 Å². The first-order valence-electron chi connectivity index (χ1n) is 7.96. The highest BCUT2D eigenvalue weighted by Crippen LogP contribution is 2.31. The molecule has 1 saturated heterocycles. The van der Waals surface area contributed by atoms with Crippen molar-refractivity contribution in [2.45, 2.75) is 19.3 Å². The van der Waals surface area contributed by atoms with Crippen LogP contribution in [0.4, 0.5) is 0 Å². The Balaban J connectivity index is 1.80. The average Bonchev–Trinajstić information content (AvgIpc) is 2.62. The van der Waals surface area contributed by atoms with E-state index in [1.54, 1.807) is 12.1 Å². The third kappa shape index (κ3) is 3.31. The highest BCUT2D eigenvalue weighted by molar-refractivity contribution is 5.94. The van der Waals surface area contributed by atoms with Crippen molar-refractivity contribution in [2.75, 3.05) is 20.2 Å². The molecule has 0 saturated carbocycles. The Kier molecular flexibility index (Phi) is 4.51. The molecule has 1 N–H and O–H groups in total. The SMILES string of the molecule is COc1cc(-c2ccc(C(=O)N3CCCCC3)cc2)ccc1O. The van der Waals surface area contributed by atoms with Gasteiger partial charge in [0, 0.05) is 18.7 Å². The molecule has 3 rings (SSSR count). The molecule has 4 heteroatoms. The fraction of sp³-hybridized carbons (Fsp3) is 0.316. The number of phenolic OH excluding ortho intramolecular Hbond substituents is 1. The topological polar surface area (TPSA) is 49.8 Å². The number of likely N-dealkylation sites (tertiary alicyclic amines) is 1. The number of carbonyl (C=O) groups is 1. The maximum absolute atomic E-state index is 12.5. The lowest BCUT2D eigenvalue weighted by molar-refractivity contribution is 0.0724. The van der Waals surface area contributed by atoms with Crippen LogP contribution in [0.2, 0.25) is 0 Å². The minimum atomic E-state index is 0.111. The number of phenols is 1. The molecule has 2 aromatic carbocycles. The molecule has 1 heterocycles. The van der Waals surface area contributed by atoms with E-state index >= 15 is 0 Å². The minimum Gasteiger partial charge on any atom is -0.504 e. The molecule has 0 bridgehead atoms. The molecular formula is C19H21NO3. The van der Waals surface area contributed by atoms with Gasteiger partial charge in [-0.1, -0.05) is 18.2 Å². The molecule has 1 aliphatic heterocycles. The molecule has 23 heavy (non-hydrogen) atoms. The van der Waals surface area contributed by atoms with Gasteiger partial charge in [0.05, 0.1) is 7.11 Å². The summed E-state index contributed by atoms with van der Waals surface area (Å²) in [7, 11) is 1.53. The Hall–Kier alpha value is -2.49. The van der Waals surface area contributed by atoms with Crippen molar-refractivity contribution in [3.05, 3.63) is 48.0 Å². The van der Waals surface area contributed by atoms with E-state index in [-0.39, 0.29) is 11.7 Å². The van der Waals surface area contributed by atoms with E-state index in [1.807, 2.05) is 35.2 Å². The van der Waals surface area contributed by atoms with E-state index in [9.17, 15) is 9.90 Å². The van der Waals surface area contributed by atoms with Crippen molar-refractivity contribution in [2.24, 2.45) is 0 Å². The van der Waals surface area contributed by atoms with Gasteiger partial charge in [-0.3, -0.25) is 4.79 Å². The lowest BCUT2D eigenvalue weighted by Crippen LogP contribution is -2.35. The van der Waals surface area contributed by atoms with Crippen molar-refractivity contribution in [1.29, 1.82) is 0 Å². The van der Waals surface area contributed by atoms with E-state index in [0.29, 0.717) is 5.75 Å². The highest BCUT2D eigenvalue weighted by Gasteiger charge is 2.18. The Morgan fingerprint density at radius 1 is 1.00 bits per heavy atom. The largest absolute Gasteiger partial charge is 0.504 e. The van der Waals surface area contributed by atoms with Crippen LogP contribution in [-0.2, 0) is 0 Å². The molecule has 0 radical (unpaired) electrons. The maximum atomic E-state index is 12.5. The zero-order chi connectivity index (χ0) is 16.2. The predicted molar refractivity (Wildman–Crippen MR) is 89.8 cm³/mol. The van der Waals surface area contributed by atoms with Crippen LogP contribution in [0.15, 0.2) is 42.5 Å². The summed E-state index contributed by atoms with van der Waals surface area (Å²) in [4.78, 5) is 14.4. The van der Waals surface area contributed by atoms with Gasteiger partial charge in [0.1, 0.15) is 0 Å². The Bertz CT molecular complexity index is 688. The van der Waals surface area contributed by atoms with E-state index < -0.39 is 0 Å². The lowest BCUT2D eigenvalue weighted by Gasteiger charge is -2.26. The van der Waals surface area contributed by atoms with Crippen LogP contribution < -0.4 is 4.74 Å². The summed E-state index contributed by atoms with van der Waals surface area (Å²) < 4.78 is 5.14. The van der Waals surface area contributed by atoms with Gasteiger partial charge in [-0.15, -0.1) is 0 Å². The molecule has 0 aromatic heterocycles. The maximum Gasteiger partial charge on any atom is 0.253 e. The summed E-state index contributed by atoms with van der Waals surface area (Å²) >= 11 is 0. The second-order valence-corrected chi connectivity index (χ2v) is 5.82. The molecular weight excluding hydrogens is 290 g/mol. The number of aromatic hydroxyl groups is 1. The zero-order valence-corrected chi connectivity index (χ0v) is 13.3. The van der Waals surface area contributed by atoms with Gasteiger partial charge < -0.3 is 14.7 Å². The third-order valence-electron chi connectivity index (χ3n) is 4.29. The van der Waals surface area contributed by atoms with E-state index in [1.165, 1.54) is 13.5 Å². The standard InChI is InChI=1S/C19H21NO3/c1-23-18-13-16(9-10-17(18)21)14-5-7-15(8-6-14)19(22)20-11-3-2-4-12-20/h5-10,13,21H,2-4,11-12H2,1H3. The summed E-state index contributed by atoms with van der Waals surface area (Å²) in [6.45, 7) is 1.71. The predicted octanol–water partition coefficient (Wildman–Crippen LogP) is 3.69. The quantitative estimate of drug-likeness (QED) is 0.940. The molecule has 1 fully saturated rings. The number of ether oxygens (including phenoxy) is 1. The number of carbonyl (C=O) groups excluding carboxylic acids is 1. The van der Waals surface area contributed by atoms with Crippen LogP contribution in [0, 0.1) is 0 Å². The van der Waals surface area contributed by atoms with E-state index in [4.69, 9.17) is 4.74 Å². The second-order valence-electron chi connectivity index (χ2n) is 5.82. The lowest BCUT2D eigenvalue weighted by atomic mass is 10.0. The summed E-state index contributed by atoms with van der Waals surface area (Å²) in [5.74, 6) is 0.670. The fourth-order valence-electron chi connectivity index (χ4n) is 2.94. The number of benzene rings is 2. The third-order valence-corrected chi connectivity index (χ3v) is 4.29. The molecule has 1 amide bonds. The summed E-state index contributed by atoms with van der Waals surface area (Å²) in [6, 6.07) is 12.8. The number of hydrogen-bond acceptors (Lipinski definition) is 3. The summed E-state index contributed by atoms with van der Waals surface area (Å²) in [5.41, 5.74) is 2.65. The first-order chi connectivity index (χ1) is 11.2. The molecule has 0 spiro atoms. The van der Waals surface area contributed by atoms with Crippen molar-refractivity contribution in [3.8, 4) is 22.6 Å². The molecule has 0 aliphatic carbocycles. The van der Waals surface area contributed by atoms with Crippen LogP contribution >= 0.6 is 0 Å². The summed E-state index contributed by atoms with van der Waals surface area (Å²) in [6.07, 6.45) is 3.40. The van der Waals surface area contributed by atoms with Crippen LogP contribution in [0.1, 0.15) is 29.6 Å². The molecule has 120 valence electrons. The van der Waals surface area contributed by atoms with Crippen LogP contribution in [0.5, 0.6) is 11.5 Å². The molecule has 0 atom stereocenters. The van der Waals surface area contributed by atoms with E-state index in [0.717, 1.165) is 42.6 Å². The Morgan fingerprint density at radius 3 is 2.30 bits per heavy atom. The summed E-state index contributed by atoms with van der Waals surface area (Å²) in [5, 5.41) is 9.67. The van der Waals surface area contributed by atoms with Gasteiger partial charge in [-0.05, 0) is 54.7 Å². The zero-order valence-electron chi connectivity index (χ0n) is 13.3. The van der Waals surface area contributed by atoms with Gasteiger partial charge in [0.2, 0.25) is 0 Å². The number of piperidine rings is 1. The monoisotopic (exact) mass is 311 g/mol. The van der Waals surface area contributed by atoms with Gasteiger partial charge in [0.15, 0.2) is 11.5 Å². The highest BCUT2D eigenvalue weighted by atomic mass is 16.5.